The lowest BCUT2D eigenvalue weighted by Crippen LogP contribution is -2.34. The van der Waals surface area contributed by atoms with E-state index in [0.717, 1.165) is 16.2 Å². The molecule has 1 fully saturated rings. The Bertz CT molecular complexity index is 730. The minimum absolute atomic E-state index is 0.00541. The van der Waals surface area contributed by atoms with Crippen LogP contribution < -0.4 is 10.1 Å². The summed E-state index contributed by atoms with van der Waals surface area (Å²) in [6, 6.07) is 11.3. The van der Waals surface area contributed by atoms with Gasteiger partial charge in [0.1, 0.15) is 5.75 Å². The molecule has 0 aliphatic carbocycles. The van der Waals surface area contributed by atoms with E-state index in [-0.39, 0.29) is 30.2 Å². The average molecular weight is 344 g/mol. The molecule has 0 unspecified atom stereocenters. The molecule has 126 valence electrons. The van der Waals surface area contributed by atoms with Crippen LogP contribution in [0.4, 0.5) is 0 Å². The van der Waals surface area contributed by atoms with Gasteiger partial charge in [-0.3, -0.25) is 9.59 Å². The second kappa shape index (κ2) is 7.05. The smallest absolute Gasteiger partial charge is 0.226 e. The van der Waals surface area contributed by atoms with Gasteiger partial charge in [-0.1, -0.05) is 24.3 Å². The molecule has 1 N–H and O–H groups in total. The number of nitrogens with one attached hydrogen (secondary N) is 1. The Morgan fingerprint density at radius 1 is 1.33 bits per heavy atom. The maximum Gasteiger partial charge on any atom is 0.226 e. The van der Waals surface area contributed by atoms with E-state index in [9.17, 15) is 9.59 Å². The Balaban J connectivity index is 1.73. The van der Waals surface area contributed by atoms with E-state index in [1.54, 1.807) is 30.4 Å². The van der Waals surface area contributed by atoms with Gasteiger partial charge in [-0.2, -0.15) is 0 Å². The van der Waals surface area contributed by atoms with Crippen LogP contribution in [-0.4, -0.2) is 30.9 Å². The van der Waals surface area contributed by atoms with Crippen LogP contribution in [0.1, 0.15) is 22.9 Å². The number of ether oxygens (including phenoxy) is 1. The van der Waals surface area contributed by atoms with E-state index in [1.165, 1.54) is 0 Å². The predicted octanol–water partition coefficient (Wildman–Crippen LogP) is 2.59. The summed E-state index contributed by atoms with van der Waals surface area (Å²) in [5.41, 5.74) is 0.915. The van der Waals surface area contributed by atoms with Crippen molar-refractivity contribution in [3.05, 3.63) is 52.2 Å². The number of para-hydroxylation sites is 1. The zero-order valence-electron chi connectivity index (χ0n) is 13.7. The molecule has 0 radical (unpaired) electrons. The van der Waals surface area contributed by atoms with Gasteiger partial charge >= 0.3 is 0 Å². The summed E-state index contributed by atoms with van der Waals surface area (Å²) in [7, 11) is 3.37. The van der Waals surface area contributed by atoms with Crippen LogP contribution in [-0.2, 0) is 16.1 Å². The molecule has 1 saturated heterocycles. The molecule has 5 nitrogen and oxygen atoms in total. The number of hydrogen-bond acceptors (Lipinski definition) is 4. The lowest BCUT2D eigenvalue weighted by atomic mass is 9.98. The van der Waals surface area contributed by atoms with Crippen molar-refractivity contribution in [1.29, 1.82) is 0 Å². The zero-order chi connectivity index (χ0) is 17.1. The second-order valence-electron chi connectivity index (χ2n) is 5.81. The average Bonchev–Trinajstić information content (AvgIpc) is 3.21. The van der Waals surface area contributed by atoms with Crippen LogP contribution in [0.25, 0.3) is 0 Å². The van der Waals surface area contributed by atoms with E-state index in [4.69, 9.17) is 4.74 Å². The zero-order valence-corrected chi connectivity index (χ0v) is 14.5. The first-order valence-corrected chi connectivity index (χ1v) is 8.68. The van der Waals surface area contributed by atoms with Gasteiger partial charge in [0.05, 0.1) is 19.1 Å². The van der Waals surface area contributed by atoms with Crippen molar-refractivity contribution in [2.75, 3.05) is 14.2 Å². The maximum atomic E-state index is 12.7. The van der Waals surface area contributed by atoms with E-state index >= 15 is 0 Å². The summed E-state index contributed by atoms with van der Waals surface area (Å²) < 4.78 is 5.31. The summed E-state index contributed by atoms with van der Waals surface area (Å²) >= 11 is 1.57. The fraction of sp³-hybridized carbons (Fsp3) is 0.333. The number of thiophene rings is 1. The molecule has 1 aromatic heterocycles. The summed E-state index contributed by atoms with van der Waals surface area (Å²) in [6.07, 6.45) is 0.247. The second-order valence-corrected chi connectivity index (χ2v) is 6.78. The fourth-order valence-electron chi connectivity index (χ4n) is 3.12. The molecule has 24 heavy (non-hydrogen) atoms. The largest absolute Gasteiger partial charge is 0.496 e. The van der Waals surface area contributed by atoms with Crippen molar-refractivity contribution in [3.63, 3.8) is 0 Å². The Labute approximate surface area is 145 Å². The minimum atomic E-state index is -0.365. The summed E-state index contributed by atoms with van der Waals surface area (Å²) in [6.45, 7) is 0.383. The van der Waals surface area contributed by atoms with Crippen molar-refractivity contribution in [1.82, 2.24) is 10.2 Å². The Kier molecular flexibility index (Phi) is 4.85. The number of amides is 2. The first-order valence-electron chi connectivity index (χ1n) is 7.80. The van der Waals surface area contributed by atoms with Crippen molar-refractivity contribution >= 4 is 23.2 Å². The Morgan fingerprint density at radius 3 is 2.83 bits per heavy atom. The highest BCUT2D eigenvalue weighted by atomic mass is 32.1. The lowest BCUT2D eigenvalue weighted by molar-refractivity contribution is -0.128. The monoisotopic (exact) mass is 344 g/mol. The number of nitrogens with zero attached hydrogens (tertiary/aromatic N) is 1. The first kappa shape index (κ1) is 16.5. The highest BCUT2D eigenvalue weighted by Crippen LogP contribution is 2.39. The van der Waals surface area contributed by atoms with E-state index < -0.39 is 0 Å². The van der Waals surface area contributed by atoms with Gasteiger partial charge in [0.15, 0.2) is 0 Å². The third kappa shape index (κ3) is 3.14. The Hall–Kier alpha value is -2.34. The van der Waals surface area contributed by atoms with Crippen molar-refractivity contribution in [3.8, 4) is 5.75 Å². The van der Waals surface area contributed by atoms with Crippen LogP contribution in [0, 0.1) is 5.92 Å². The van der Waals surface area contributed by atoms with Crippen LogP contribution >= 0.6 is 11.3 Å². The quantitative estimate of drug-likeness (QED) is 0.907. The molecule has 1 aromatic carbocycles. The number of likely N-dealkylation sites (tertiary alicyclic amines) is 1. The van der Waals surface area contributed by atoms with Crippen LogP contribution in [0.15, 0.2) is 41.8 Å². The normalized spacial score (nSPS) is 20.2. The van der Waals surface area contributed by atoms with Gasteiger partial charge in [-0.25, -0.2) is 0 Å². The van der Waals surface area contributed by atoms with Gasteiger partial charge in [0, 0.05) is 30.5 Å². The van der Waals surface area contributed by atoms with Gasteiger partial charge < -0.3 is 15.0 Å². The summed E-state index contributed by atoms with van der Waals surface area (Å²) in [5, 5.41) is 4.92. The van der Waals surface area contributed by atoms with Gasteiger partial charge in [0.25, 0.3) is 0 Å². The topological polar surface area (TPSA) is 58.6 Å². The first-order chi connectivity index (χ1) is 11.6. The highest BCUT2D eigenvalue weighted by molar-refractivity contribution is 7.10. The van der Waals surface area contributed by atoms with Gasteiger partial charge in [-0.05, 0) is 17.5 Å². The standard InChI is InChI=1S/C18H20N2O3S/c1-20-16(21)10-13(17(20)15-8-5-9-24-15)18(22)19-11-12-6-3-4-7-14(12)23-2/h3-9,13,17H,10-11H2,1-2H3,(H,19,22)/t13-,17-/m0/s1. The lowest BCUT2D eigenvalue weighted by Gasteiger charge is -2.23. The SMILES string of the molecule is COc1ccccc1CNC(=O)[C@H]1CC(=O)N(C)[C@@H]1c1cccs1. The summed E-state index contributed by atoms with van der Waals surface area (Å²) in [5.74, 6) is 0.283. The number of hydrogen-bond donors (Lipinski definition) is 1. The van der Waals surface area contributed by atoms with Crippen LogP contribution in [0.5, 0.6) is 5.75 Å². The molecule has 2 heterocycles. The molecular weight excluding hydrogens is 324 g/mol. The van der Waals surface area contributed by atoms with E-state index in [0.29, 0.717) is 6.54 Å². The third-order valence-electron chi connectivity index (χ3n) is 4.40. The van der Waals surface area contributed by atoms with Crippen LogP contribution in [0.2, 0.25) is 0 Å². The molecule has 2 aromatic rings. The molecule has 0 saturated carbocycles. The maximum absolute atomic E-state index is 12.7. The molecule has 2 atom stereocenters. The van der Waals surface area contributed by atoms with E-state index in [1.807, 2.05) is 41.8 Å². The predicted molar refractivity (Wildman–Crippen MR) is 92.8 cm³/mol. The van der Waals surface area contributed by atoms with Crippen molar-refractivity contribution in [2.24, 2.45) is 5.92 Å². The molecule has 6 heteroatoms. The van der Waals surface area contributed by atoms with E-state index in [2.05, 4.69) is 5.32 Å². The number of methoxy groups -OCH3 is 1. The van der Waals surface area contributed by atoms with Crippen molar-refractivity contribution in [2.45, 2.75) is 19.0 Å². The number of carbonyl (C=O) groups excluding carboxylic acids is 2. The summed E-state index contributed by atoms with van der Waals surface area (Å²) in [4.78, 5) is 27.5. The van der Waals surface area contributed by atoms with Crippen LogP contribution in [0.3, 0.4) is 0 Å². The molecular formula is C18H20N2O3S. The highest BCUT2D eigenvalue weighted by Gasteiger charge is 2.43. The molecule has 0 bridgehead atoms. The molecule has 1 aliphatic heterocycles. The minimum Gasteiger partial charge on any atom is -0.496 e. The number of carbonyl (C=O) groups is 2. The molecule has 3 rings (SSSR count). The number of benzene rings is 1. The van der Waals surface area contributed by atoms with Crippen molar-refractivity contribution < 1.29 is 14.3 Å². The van der Waals surface area contributed by atoms with Gasteiger partial charge in [-0.15, -0.1) is 11.3 Å². The van der Waals surface area contributed by atoms with Gasteiger partial charge in [0.2, 0.25) is 11.8 Å². The fourth-order valence-corrected chi connectivity index (χ4v) is 4.05. The molecule has 0 spiro atoms. The molecule has 1 aliphatic rings. The molecule has 2 amide bonds. The third-order valence-corrected chi connectivity index (χ3v) is 5.35. The number of rotatable bonds is 5. The Morgan fingerprint density at radius 2 is 2.12 bits per heavy atom.